The molecule has 2 rings (SSSR count). The molecule has 1 aliphatic heterocycles. The maximum atomic E-state index is 13.7. The Morgan fingerprint density at radius 2 is 1.94 bits per heavy atom. The number of halogens is 4. The molecule has 1 aromatic carbocycles. The van der Waals surface area contributed by atoms with Crippen LogP contribution in [0.25, 0.3) is 6.08 Å². The molecule has 3 N–H and O–H groups in total. The Kier molecular flexibility index (Phi) is 8.27. The van der Waals surface area contributed by atoms with Crippen LogP contribution in [-0.2, 0) is 24.6 Å². The van der Waals surface area contributed by atoms with Crippen LogP contribution < -0.4 is 16.0 Å². The SMILES string of the molecule is CC(C)(C)c1cc2c(cc1Cl)C=C(C(=O)OC(CON[O-])CONO)C(C(F)(F)F)O2. The van der Waals surface area contributed by atoms with E-state index in [1.54, 1.807) is 0 Å². The van der Waals surface area contributed by atoms with Gasteiger partial charge in [0.2, 0.25) is 6.10 Å². The molecule has 1 aliphatic rings. The Morgan fingerprint density at radius 3 is 2.48 bits per heavy atom. The van der Waals surface area contributed by atoms with Crippen molar-refractivity contribution in [2.75, 3.05) is 13.2 Å². The fourth-order valence-electron chi connectivity index (χ4n) is 2.79. The number of nitrogens with one attached hydrogen (secondary N) is 2. The summed E-state index contributed by atoms with van der Waals surface area (Å²) in [5.74, 6) is -1.47. The third-order valence-electron chi connectivity index (χ3n) is 4.21. The Labute approximate surface area is 180 Å². The third kappa shape index (κ3) is 6.53. The fraction of sp³-hybridized carbons (Fsp3) is 0.500. The van der Waals surface area contributed by atoms with Crippen LogP contribution in [0.4, 0.5) is 13.2 Å². The number of esters is 1. The standard InChI is InChI=1S/C18H21ClF3N2O7/c1-17(2,3)12-6-14-9(5-13(12)19)4-11(15(31-14)18(20,21)22)16(25)30-10(7-28-23-26)8-29-24-27/h4-6,10,15,23-24,26H,7-8H2,1-3H3/q-1. The van der Waals surface area contributed by atoms with E-state index in [-0.39, 0.29) is 11.3 Å². The minimum absolute atomic E-state index is 0.0866. The maximum absolute atomic E-state index is 13.7. The number of carbonyl (C=O) groups is 1. The predicted molar refractivity (Wildman–Crippen MR) is 102 cm³/mol. The molecular weight excluding hydrogens is 449 g/mol. The number of fused-ring (bicyclic) bond motifs is 1. The van der Waals surface area contributed by atoms with E-state index in [2.05, 4.69) is 9.68 Å². The molecule has 1 heterocycles. The summed E-state index contributed by atoms with van der Waals surface area (Å²) in [5.41, 5.74) is 1.84. The summed E-state index contributed by atoms with van der Waals surface area (Å²) < 4.78 is 51.1. The first-order valence-corrected chi connectivity index (χ1v) is 9.26. The lowest BCUT2D eigenvalue weighted by molar-refractivity contribution is -0.193. The highest BCUT2D eigenvalue weighted by molar-refractivity contribution is 6.31. The summed E-state index contributed by atoms with van der Waals surface area (Å²) in [6.07, 6.45) is -7.89. The van der Waals surface area contributed by atoms with Crippen molar-refractivity contribution in [3.63, 3.8) is 0 Å². The molecule has 0 spiro atoms. The third-order valence-corrected chi connectivity index (χ3v) is 4.53. The van der Waals surface area contributed by atoms with E-state index < -0.39 is 48.6 Å². The number of hydrogen-bond donors (Lipinski definition) is 3. The molecule has 0 aliphatic carbocycles. The average Bonchev–Trinajstić information content (AvgIpc) is 2.66. The molecular formula is C18H21ClF3N2O7-. The molecule has 2 unspecified atom stereocenters. The number of benzene rings is 1. The van der Waals surface area contributed by atoms with Crippen molar-refractivity contribution in [1.29, 1.82) is 0 Å². The predicted octanol–water partition coefficient (Wildman–Crippen LogP) is 3.19. The van der Waals surface area contributed by atoms with Crippen LogP contribution >= 0.6 is 11.6 Å². The molecule has 0 aromatic heterocycles. The first kappa shape index (κ1) is 25.3. The van der Waals surface area contributed by atoms with Crippen molar-refractivity contribution in [2.45, 2.75) is 44.6 Å². The minimum atomic E-state index is -4.93. The smallest absolute Gasteiger partial charge is 0.430 e. The second-order valence-electron chi connectivity index (χ2n) is 7.58. The van der Waals surface area contributed by atoms with E-state index in [4.69, 9.17) is 26.3 Å². The molecule has 0 saturated carbocycles. The van der Waals surface area contributed by atoms with Gasteiger partial charge < -0.3 is 19.5 Å². The first-order chi connectivity index (χ1) is 14.4. The van der Waals surface area contributed by atoms with Crippen LogP contribution in [0.2, 0.25) is 5.02 Å². The van der Waals surface area contributed by atoms with Crippen molar-refractivity contribution in [3.05, 3.63) is 39.1 Å². The summed E-state index contributed by atoms with van der Waals surface area (Å²) in [5, 5.41) is 19.0. The highest BCUT2D eigenvalue weighted by Crippen LogP contribution is 2.42. The van der Waals surface area contributed by atoms with Gasteiger partial charge >= 0.3 is 12.1 Å². The second-order valence-corrected chi connectivity index (χ2v) is 7.99. The van der Waals surface area contributed by atoms with E-state index in [0.717, 1.165) is 11.7 Å². The van der Waals surface area contributed by atoms with Crippen LogP contribution in [0, 0.1) is 5.21 Å². The van der Waals surface area contributed by atoms with Gasteiger partial charge in [-0.3, -0.25) is 15.7 Å². The van der Waals surface area contributed by atoms with Gasteiger partial charge in [0.15, 0.2) is 6.10 Å². The minimum Gasteiger partial charge on any atom is -0.765 e. The molecule has 0 amide bonds. The molecule has 13 heteroatoms. The van der Waals surface area contributed by atoms with Gasteiger partial charge in [0.25, 0.3) is 0 Å². The van der Waals surface area contributed by atoms with Gasteiger partial charge in [0.1, 0.15) is 19.0 Å². The van der Waals surface area contributed by atoms with Gasteiger partial charge in [-0.05, 0) is 29.2 Å². The van der Waals surface area contributed by atoms with Gasteiger partial charge in [0, 0.05) is 10.6 Å². The zero-order chi connectivity index (χ0) is 23.4. The summed E-state index contributed by atoms with van der Waals surface area (Å²) >= 11 is 6.27. The molecule has 0 saturated heterocycles. The van der Waals surface area contributed by atoms with Crippen molar-refractivity contribution in [2.24, 2.45) is 0 Å². The van der Waals surface area contributed by atoms with Crippen molar-refractivity contribution in [1.82, 2.24) is 11.3 Å². The highest BCUT2D eigenvalue weighted by atomic mass is 35.5. The fourth-order valence-corrected chi connectivity index (χ4v) is 3.25. The lowest BCUT2D eigenvalue weighted by atomic mass is 9.85. The molecule has 1 aromatic rings. The number of ether oxygens (including phenoxy) is 2. The zero-order valence-corrected chi connectivity index (χ0v) is 17.5. The molecule has 174 valence electrons. The Balaban J connectivity index is 2.41. The molecule has 0 radical (unpaired) electrons. The van der Waals surface area contributed by atoms with Crippen molar-refractivity contribution >= 4 is 23.6 Å². The topological polar surface area (TPSA) is 121 Å². The molecule has 31 heavy (non-hydrogen) atoms. The summed E-state index contributed by atoms with van der Waals surface area (Å²) in [7, 11) is 0. The van der Waals surface area contributed by atoms with Crippen molar-refractivity contribution < 1.29 is 42.3 Å². The van der Waals surface area contributed by atoms with Crippen LogP contribution in [0.3, 0.4) is 0 Å². The van der Waals surface area contributed by atoms with Crippen LogP contribution in [0.5, 0.6) is 5.75 Å². The first-order valence-electron chi connectivity index (χ1n) is 8.88. The molecule has 2 atom stereocenters. The zero-order valence-electron chi connectivity index (χ0n) is 16.7. The summed E-state index contributed by atoms with van der Waals surface area (Å²) in [4.78, 5) is 21.3. The quantitative estimate of drug-likeness (QED) is 0.389. The van der Waals surface area contributed by atoms with E-state index in [1.165, 1.54) is 17.8 Å². The van der Waals surface area contributed by atoms with Gasteiger partial charge in [-0.25, -0.2) is 4.79 Å². The number of rotatable bonds is 8. The maximum Gasteiger partial charge on any atom is 0.430 e. The van der Waals surface area contributed by atoms with E-state index in [0.29, 0.717) is 10.6 Å². The van der Waals surface area contributed by atoms with Gasteiger partial charge in [-0.2, -0.15) is 13.2 Å². The van der Waals surface area contributed by atoms with Crippen LogP contribution in [0.15, 0.2) is 17.7 Å². The van der Waals surface area contributed by atoms with Crippen molar-refractivity contribution in [3.8, 4) is 5.75 Å². The van der Waals surface area contributed by atoms with Gasteiger partial charge in [-0.1, -0.05) is 38.0 Å². The Morgan fingerprint density at radius 1 is 1.29 bits per heavy atom. The Bertz CT molecular complexity index is 820. The normalized spacial score (nSPS) is 17.5. The van der Waals surface area contributed by atoms with Gasteiger partial charge in [-0.15, -0.1) is 0 Å². The van der Waals surface area contributed by atoms with Crippen LogP contribution in [-0.4, -0.2) is 42.8 Å². The summed E-state index contributed by atoms with van der Waals surface area (Å²) in [6, 6.07) is 2.81. The van der Waals surface area contributed by atoms with E-state index >= 15 is 0 Å². The average molecular weight is 470 g/mol. The number of hydrogen-bond acceptors (Lipinski definition) is 9. The summed E-state index contributed by atoms with van der Waals surface area (Å²) in [6.45, 7) is 4.41. The largest absolute Gasteiger partial charge is 0.765 e. The lowest BCUT2D eigenvalue weighted by Crippen LogP contribution is -2.42. The van der Waals surface area contributed by atoms with Crippen LogP contribution in [0.1, 0.15) is 31.9 Å². The number of carbonyl (C=O) groups excluding carboxylic acids is 1. The monoisotopic (exact) mass is 469 g/mol. The highest BCUT2D eigenvalue weighted by Gasteiger charge is 2.49. The molecule has 0 fully saturated rings. The molecule has 0 bridgehead atoms. The molecule has 9 nitrogen and oxygen atoms in total. The Hall–Kier alpha value is -1.93. The second kappa shape index (κ2) is 10.1. The lowest BCUT2D eigenvalue weighted by Gasteiger charge is -2.30. The van der Waals surface area contributed by atoms with E-state index in [1.807, 2.05) is 20.8 Å². The van der Waals surface area contributed by atoms with E-state index in [9.17, 15) is 23.2 Å². The van der Waals surface area contributed by atoms with Gasteiger partial charge in [0.05, 0.1) is 5.57 Å². The number of alkyl halides is 3.